The maximum absolute atomic E-state index is 13.3. The molecular formula is C21H24ClN3O4. The number of rotatable bonds is 2. The molecule has 2 heterocycles. The van der Waals surface area contributed by atoms with Crippen molar-refractivity contribution in [1.82, 2.24) is 10.2 Å². The molecule has 0 saturated carbocycles. The summed E-state index contributed by atoms with van der Waals surface area (Å²) < 4.78 is 0. The van der Waals surface area contributed by atoms with Crippen LogP contribution < -0.4 is 5.32 Å². The molecule has 2 aliphatic rings. The molecule has 0 bridgehead atoms. The first-order valence-electron chi connectivity index (χ1n) is 9.38. The molecule has 1 fully saturated rings. The summed E-state index contributed by atoms with van der Waals surface area (Å²) in [5.41, 5.74) is 0.150. The van der Waals surface area contributed by atoms with Crippen molar-refractivity contribution in [2.24, 2.45) is 0 Å². The maximum atomic E-state index is 13.3. The van der Waals surface area contributed by atoms with Crippen LogP contribution in [0.4, 0.5) is 5.69 Å². The van der Waals surface area contributed by atoms with Gasteiger partial charge in [0.2, 0.25) is 0 Å². The largest absolute Gasteiger partial charge is 0.307 e. The van der Waals surface area contributed by atoms with Gasteiger partial charge in [-0.1, -0.05) is 6.07 Å². The highest BCUT2D eigenvalue weighted by Gasteiger charge is 2.45. The van der Waals surface area contributed by atoms with Crippen molar-refractivity contribution in [3.8, 4) is 0 Å². The van der Waals surface area contributed by atoms with Crippen molar-refractivity contribution in [3.05, 3.63) is 51.6 Å². The smallest absolute Gasteiger partial charge is 0.277 e. The van der Waals surface area contributed by atoms with Gasteiger partial charge in [0.1, 0.15) is 0 Å². The first-order valence-corrected chi connectivity index (χ1v) is 9.38. The Morgan fingerprint density at radius 2 is 1.55 bits per heavy atom. The summed E-state index contributed by atoms with van der Waals surface area (Å²) in [6, 6.07) is 7.45. The summed E-state index contributed by atoms with van der Waals surface area (Å²) in [5, 5.41) is 15.7. The van der Waals surface area contributed by atoms with Crippen molar-refractivity contribution in [1.29, 1.82) is 0 Å². The average molecular weight is 418 g/mol. The number of nitrogens with zero attached hydrogens (tertiary/aromatic N) is 2. The minimum Gasteiger partial charge on any atom is -0.307 e. The van der Waals surface area contributed by atoms with Crippen LogP contribution in [-0.4, -0.2) is 38.8 Å². The second kappa shape index (κ2) is 6.78. The van der Waals surface area contributed by atoms with Gasteiger partial charge >= 0.3 is 0 Å². The highest BCUT2D eigenvalue weighted by atomic mass is 35.5. The van der Waals surface area contributed by atoms with E-state index < -0.39 is 4.92 Å². The van der Waals surface area contributed by atoms with E-state index in [4.69, 9.17) is 0 Å². The highest BCUT2D eigenvalue weighted by Crippen LogP contribution is 2.39. The summed E-state index contributed by atoms with van der Waals surface area (Å²) in [6.07, 6.45) is 1.29. The number of nitrogens with one attached hydrogen (secondary N) is 1. The lowest BCUT2D eigenvalue weighted by atomic mass is 9.78. The van der Waals surface area contributed by atoms with E-state index in [1.54, 1.807) is 18.2 Å². The molecule has 29 heavy (non-hydrogen) atoms. The van der Waals surface area contributed by atoms with Gasteiger partial charge in [0.05, 0.1) is 10.3 Å². The Bertz CT molecular complexity index is 1010. The van der Waals surface area contributed by atoms with E-state index in [1.807, 2.05) is 0 Å². The van der Waals surface area contributed by atoms with Crippen LogP contribution in [0.3, 0.4) is 0 Å². The second-order valence-corrected chi connectivity index (χ2v) is 9.05. The summed E-state index contributed by atoms with van der Waals surface area (Å²) in [4.78, 5) is 38.9. The number of imide groups is 1. The van der Waals surface area contributed by atoms with Crippen LogP contribution in [0.25, 0.3) is 10.8 Å². The van der Waals surface area contributed by atoms with Crippen molar-refractivity contribution in [2.75, 3.05) is 0 Å². The van der Waals surface area contributed by atoms with Crippen LogP contribution in [0, 0.1) is 10.1 Å². The van der Waals surface area contributed by atoms with Gasteiger partial charge in [0.25, 0.3) is 17.5 Å². The minimum absolute atomic E-state index is 0. The SMILES string of the molecule is CC1(C)CC(N2C(=O)c3cccc4c([N+](=O)[O-])ccc(c34)C2=O)CC(C)(C)N1.Cl. The number of non-ortho nitro benzene ring substituents is 1. The minimum atomic E-state index is -0.484. The molecule has 1 N–H and O–H groups in total. The molecule has 0 unspecified atom stereocenters. The van der Waals surface area contributed by atoms with E-state index in [1.165, 1.54) is 17.0 Å². The number of carbonyl (C=O) groups is 2. The number of amides is 2. The summed E-state index contributed by atoms with van der Waals surface area (Å²) in [7, 11) is 0. The molecule has 2 amide bonds. The van der Waals surface area contributed by atoms with Crippen molar-refractivity contribution >= 4 is 40.7 Å². The molecule has 0 aromatic heterocycles. The number of nitro benzene ring substituents is 1. The number of carbonyl (C=O) groups excluding carboxylic acids is 2. The Labute approximate surface area is 175 Å². The van der Waals surface area contributed by atoms with E-state index in [9.17, 15) is 19.7 Å². The molecule has 0 atom stereocenters. The van der Waals surface area contributed by atoms with Gasteiger partial charge in [-0.05, 0) is 58.7 Å². The van der Waals surface area contributed by atoms with Crippen LogP contribution >= 0.6 is 12.4 Å². The second-order valence-electron chi connectivity index (χ2n) is 9.05. The van der Waals surface area contributed by atoms with Gasteiger partial charge < -0.3 is 5.32 Å². The predicted octanol–water partition coefficient (Wildman–Crippen LogP) is 4.08. The first-order chi connectivity index (χ1) is 13.0. The summed E-state index contributed by atoms with van der Waals surface area (Å²) in [5.74, 6) is -0.746. The molecule has 1 saturated heterocycles. The lowest BCUT2D eigenvalue weighted by Gasteiger charge is -2.49. The van der Waals surface area contributed by atoms with Crippen molar-refractivity contribution < 1.29 is 14.5 Å². The van der Waals surface area contributed by atoms with E-state index >= 15 is 0 Å². The molecule has 0 aliphatic carbocycles. The van der Waals surface area contributed by atoms with Crippen LogP contribution in [0.2, 0.25) is 0 Å². The van der Waals surface area contributed by atoms with Crippen LogP contribution in [0.5, 0.6) is 0 Å². The number of halogens is 1. The summed E-state index contributed by atoms with van der Waals surface area (Å²) in [6.45, 7) is 8.27. The van der Waals surface area contributed by atoms with Crippen LogP contribution in [-0.2, 0) is 0 Å². The van der Waals surface area contributed by atoms with Crippen molar-refractivity contribution in [2.45, 2.75) is 57.7 Å². The Kier molecular flexibility index (Phi) is 4.96. The zero-order valence-electron chi connectivity index (χ0n) is 16.8. The molecular weight excluding hydrogens is 394 g/mol. The molecule has 154 valence electrons. The van der Waals surface area contributed by atoms with E-state index in [-0.39, 0.29) is 47.0 Å². The molecule has 2 aliphatic heterocycles. The Hall–Kier alpha value is -2.51. The predicted molar refractivity (Wildman–Crippen MR) is 113 cm³/mol. The lowest BCUT2D eigenvalue weighted by molar-refractivity contribution is -0.383. The molecule has 0 radical (unpaired) electrons. The number of hydrogen-bond acceptors (Lipinski definition) is 5. The zero-order chi connectivity index (χ0) is 20.4. The zero-order valence-corrected chi connectivity index (χ0v) is 17.6. The first kappa shape index (κ1) is 21.2. The standard InChI is InChI=1S/C21H23N3O4.ClH/c1-20(2)10-12(11-21(3,4)22-20)23-18(25)14-7-5-6-13-16(24(27)28)9-8-15(17(13)14)19(23)26;/h5-9,12,22H,10-11H2,1-4H3;1H. The van der Waals surface area contributed by atoms with Gasteiger partial charge in [0, 0.05) is 39.7 Å². The van der Waals surface area contributed by atoms with Crippen molar-refractivity contribution in [3.63, 3.8) is 0 Å². The molecule has 7 nitrogen and oxygen atoms in total. The number of benzene rings is 2. The fourth-order valence-corrected chi connectivity index (χ4v) is 5.04. The third-order valence-electron chi connectivity index (χ3n) is 5.65. The molecule has 0 spiro atoms. The lowest BCUT2D eigenvalue weighted by Crippen LogP contribution is -2.63. The van der Waals surface area contributed by atoms with Crippen LogP contribution in [0.1, 0.15) is 61.3 Å². The third-order valence-corrected chi connectivity index (χ3v) is 5.65. The topological polar surface area (TPSA) is 92.6 Å². The number of hydrogen-bond donors (Lipinski definition) is 1. The maximum Gasteiger partial charge on any atom is 0.277 e. The fraction of sp³-hybridized carbons (Fsp3) is 0.429. The van der Waals surface area contributed by atoms with Gasteiger partial charge in [-0.2, -0.15) is 0 Å². The number of nitro groups is 1. The normalized spacial score (nSPS) is 20.5. The molecule has 2 aromatic carbocycles. The fourth-order valence-electron chi connectivity index (χ4n) is 5.04. The molecule has 2 aromatic rings. The van der Waals surface area contributed by atoms with Gasteiger partial charge in [-0.25, -0.2) is 0 Å². The quantitative estimate of drug-likeness (QED) is 0.451. The van der Waals surface area contributed by atoms with Crippen LogP contribution in [0.15, 0.2) is 30.3 Å². The van der Waals surface area contributed by atoms with Gasteiger partial charge in [-0.3, -0.25) is 24.6 Å². The van der Waals surface area contributed by atoms with Gasteiger partial charge in [0.15, 0.2) is 0 Å². The van der Waals surface area contributed by atoms with E-state index in [2.05, 4.69) is 33.0 Å². The third kappa shape index (κ3) is 3.38. The highest BCUT2D eigenvalue weighted by molar-refractivity contribution is 6.26. The Morgan fingerprint density at radius 1 is 1.00 bits per heavy atom. The van der Waals surface area contributed by atoms with E-state index in [0.717, 1.165) is 0 Å². The molecule has 8 heteroatoms. The van der Waals surface area contributed by atoms with Gasteiger partial charge in [-0.15, -0.1) is 12.4 Å². The van der Waals surface area contributed by atoms with E-state index in [0.29, 0.717) is 34.7 Å². The monoisotopic (exact) mass is 417 g/mol. The Balaban J connectivity index is 0.00000240. The number of piperidine rings is 1. The molecule has 4 rings (SSSR count). The summed E-state index contributed by atoms with van der Waals surface area (Å²) >= 11 is 0. The average Bonchev–Trinajstić information content (AvgIpc) is 2.56. The Morgan fingerprint density at radius 3 is 2.10 bits per heavy atom.